The summed E-state index contributed by atoms with van der Waals surface area (Å²) in [5, 5.41) is 0. The van der Waals surface area contributed by atoms with Crippen molar-refractivity contribution in [3.05, 3.63) is 64.5 Å². The van der Waals surface area contributed by atoms with Crippen molar-refractivity contribution in [2.24, 2.45) is 0 Å². The first-order valence-corrected chi connectivity index (χ1v) is 6.96. The summed E-state index contributed by atoms with van der Waals surface area (Å²) in [4.78, 5) is 12.5. The lowest BCUT2D eigenvalue weighted by molar-refractivity contribution is 0.103. The van der Waals surface area contributed by atoms with E-state index in [0.29, 0.717) is 28.0 Å². The summed E-state index contributed by atoms with van der Waals surface area (Å²) in [5.74, 6) is 0.269. The van der Waals surface area contributed by atoms with Gasteiger partial charge >= 0.3 is 0 Å². The van der Waals surface area contributed by atoms with Gasteiger partial charge in [-0.1, -0.05) is 12.1 Å². The molecule has 2 rings (SSSR count). The van der Waals surface area contributed by atoms with Gasteiger partial charge in [-0.2, -0.15) is 0 Å². The number of hydrogen-bond donors (Lipinski definition) is 0. The lowest BCUT2D eigenvalue weighted by Gasteiger charge is -2.11. The maximum absolute atomic E-state index is 13.7. The Kier molecular flexibility index (Phi) is 4.41. The predicted molar refractivity (Wildman–Crippen MR) is 81.5 cm³/mol. The fraction of sp³-hybridized carbons (Fsp3) is 0.278. The zero-order chi connectivity index (χ0) is 15.6. The Hall–Kier alpha value is -2.16. The smallest absolute Gasteiger partial charge is 0.193 e. The predicted octanol–water partition coefficient (Wildman–Crippen LogP) is 4.46. The number of ether oxygens (including phenoxy) is 1. The third kappa shape index (κ3) is 3.48. The molecule has 0 heterocycles. The van der Waals surface area contributed by atoms with E-state index in [1.165, 1.54) is 0 Å². The summed E-state index contributed by atoms with van der Waals surface area (Å²) in [5.41, 5.74) is 1.99. The first-order valence-electron chi connectivity index (χ1n) is 6.96. The van der Waals surface area contributed by atoms with Crippen LogP contribution in [0, 0.1) is 19.7 Å². The summed E-state index contributed by atoms with van der Waals surface area (Å²) in [6.45, 7) is 7.19. The van der Waals surface area contributed by atoms with E-state index in [-0.39, 0.29) is 17.7 Å². The van der Waals surface area contributed by atoms with E-state index in [2.05, 4.69) is 0 Å². The van der Waals surface area contributed by atoms with Gasteiger partial charge < -0.3 is 4.74 Å². The van der Waals surface area contributed by atoms with Crippen molar-refractivity contribution >= 4 is 5.78 Å². The van der Waals surface area contributed by atoms with Crippen LogP contribution in [0.3, 0.4) is 0 Å². The van der Waals surface area contributed by atoms with Crippen LogP contribution in [0.5, 0.6) is 5.75 Å². The highest BCUT2D eigenvalue weighted by molar-refractivity contribution is 6.09. The number of carbonyl (C=O) groups is 1. The first-order chi connectivity index (χ1) is 9.88. The van der Waals surface area contributed by atoms with Crippen LogP contribution in [0.2, 0.25) is 0 Å². The lowest BCUT2D eigenvalue weighted by Crippen LogP contribution is -2.07. The van der Waals surface area contributed by atoms with Gasteiger partial charge in [0.1, 0.15) is 11.6 Å². The van der Waals surface area contributed by atoms with Gasteiger partial charge in [-0.15, -0.1) is 0 Å². The molecule has 0 aliphatic carbocycles. The monoisotopic (exact) mass is 286 g/mol. The fourth-order valence-corrected chi connectivity index (χ4v) is 2.23. The van der Waals surface area contributed by atoms with Crippen LogP contribution < -0.4 is 4.74 Å². The van der Waals surface area contributed by atoms with Crippen molar-refractivity contribution in [2.75, 3.05) is 0 Å². The van der Waals surface area contributed by atoms with Crippen LogP contribution in [0.25, 0.3) is 0 Å². The van der Waals surface area contributed by atoms with E-state index in [1.54, 1.807) is 44.2 Å². The van der Waals surface area contributed by atoms with Crippen molar-refractivity contribution in [1.82, 2.24) is 0 Å². The van der Waals surface area contributed by atoms with Crippen molar-refractivity contribution < 1.29 is 13.9 Å². The number of halogens is 1. The second kappa shape index (κ2) is 6.08. The Morgan fingerprint density at radius 3 is 2.24 bits per heavy atom. The van der Waals surface area contributed by atoms with Gasteiger partial charge in [-0.3, -0.25) is 4.79 Å². The minimum atomic E-state index is -0.261. The van der Waals surface area contributed by atoms with Gasteiger partial charge in [0, 0.05) is 11.1 Å². The zero-order valence-electron chi connectivity index (χ0n) is 12.7. The molecule has 0 aliphatic heterocycles. The number of aryl methyl sites for hydroxylation is 2. The molecule has 0 aromatic heterocycles. The quantitative estimate of drug-likeness (QED) is 0.776. The second-order valence-electron chi connectivity index (χ2n) is 5.45. The molecule has 2 aromatic rings. The van der Waals surface area contributed by atoms with Crippen molar-refractivity contribution in [2.45, 2.75) is 33.8 Å². The van der Waals surface area contributed by atoms with Crippen LogP contribution in [0.15, 0.2) is 36.4 Å². The molecule has 0 aliphatic rings. The molecule has 0 fully saturated rings. The molecule has 0 N–H and O–H groups in total. The molecule has 3 heteroatoms. The molecule has 0 unspecified atom stereocenters. The third-order valence-corrected chi connectivity index (χ3v) is 3.17. The summed E-state index contributed by atoms with van der Waals surface area (Å²) in [6.07, 6.45) is 0.0469. The molecular formula is C18H19FO2. The van der Waals surface area contributed by atoms with E-state index >= 15 is 0 Å². The number of hydrogen-bond acceptors (Lipinski definition) is 2. The number of ketones is 1. The molecule has 110 valence electrons. The second-order valence-corrected chi connectivity index (χ2v) is 5.45. The third-order valence-electron chi connectivity index (χ3n) is 3.17. The molecule has 0 bridgehead atoms. The highest BCUT2D eigenvalue weighted by atomic mass is 19.1. The van der Waals surface area contributed by atoms with Crippen molar-refractivity contribution in [3.8, 4) is 5.75 Å². The molecule has 2 aromatic carbocycles. The minimum absolute atomic E-state index is 0.0469. The molecule has 0 atom stereocenters. The van der Waals surface area contributed by atoms with E-state index < -0.39 is 0 Å². The highest BCUT2D eigenvalue weighted by Gasteiger charge is 2.13. The van der Waals surface area contributed by atoms with E-state index in [0.717, 1.165) is 0 Å². The average Bonchev–Trinajstić information content (AvgIpc) is 2.43. The molecule has 21 heavy (non-hydrogen) atoms. The Labute approximate surface area is 124 Å². The average molecular weight is 286 g/mol. The van der Waals surface area contributed by atoms with Crippen LogP contribution in [-0.2, 0) is 0 Å². The van der Waals surface area contributed by atoms with E-state index in [4.69, 9.17) is 4.74 Å². The number of benzene rings is 2. The van der Waals surface area contributed by atoms with E-state index in [9.17, 15) is 9.18 Å². The van der Waals surface area contributed by atoms with Gasteiger partial charge in [0.25, 0.3) is 0 Å². The molecule has 0 saturated heterocycles. The maximum Gasteiger partial charge on any atom is 0.193 e. The first kappa shape index (κ1) is 15.2. The lowest BCUT2D eigenvalue weighted by atomic mass is 9.99. The fourth-order valence-electron chi connectivity index (χ4n) is 2.23. The Balaban J connectivity index is 2.36. The van der Waals surface area contributed by atoms with Gasteiger partial charge in [0.15, 0.2) is 5.78 Å². The largest absolute Gasteiger partial charge is 0.491 e. The molecule has 0 spiro atoms. The molecule has 0 amide bonds. The molecule has 0 radical (unpaired) electrons. The Morgan fingerprint density at radius 1 is 1.05 bits per heavy atom. The van der Waals surface area contributed by atoms with Crippen LogP contribution in [-0.4, -0.2) is 11.9 Å². The molecule has 0 saturated carbocycles. The maximum atomic E-state index is 13.7. The number of rotatable bonds is 4. The Bertz CT molecular complexity index is 652. The molecular weight excluding hydrogens is 267 g/mol. The zero-order valence-corrected chi connectivity index (χ0v) is 12.7. The Morgan fingerprint density at radius 2 is 1.67 bits per heavy atom. The summed E-state index contributed by atoms with van der Waals surface area (Å²) < 4.78 is 19.2. The van der Waals surface area contributed by atoms with Gasteiger partial charge in [0.05, 0.1) is 6.10 Å². The number of carbonyl (C=O) groups excluding carboxylic acids is 1. The normalized spacial score (nSPS) is 10.8. The van der Waals surface area contributed by atoms with Gasteiger partial charge in [-0.05, 0) is 63.1 Å². The van der Waals surface area contributed by atoms with Crippen molar-refractivity contribution in [1.29, 1.82) is 0 Å². The summed E-state index contributed by atoms with van der Waals surface area (Å²) in [7, 11) is 0. The molecule has 2 nitrogen and oxygen atoms in total. The highest BCUT2D eigenvalue weighted by Crippen LogP contribution is 2.21. The van der Waals surface area contributed by atoms with Crippen molar-refractivity contribution in [3.63, 3.8) is 0 Å². The standard InChI is InChI=1S/C18H19FO2/c1-11(2)21-16-7-5-6-14(10-16)18(20)15-8-12(3)17(19)13(4)9-15/h5-11H,1-4H3. The van der Waals surface area contributed by atoms with E-state index in [1.807, 2.05) is 19.9 Å². The van der Waals surface area contributed by atoms with Crippen LogP contribution in [0.4, 0.5) is 4.39 Å². The minimum Gasteiger partial charge on any atom is -0.491 e. The SMILES string of the molecule is Cc1cc(C(=O)c2cccc(OC(C)C)c2)cc(C)c1F. The van der Waals surface area contributed by atoms with Gasteiger partial charge in [0.2, 0.25) is 0 Å². The topological polar surface area (TPSA) is 26.3 Å². The van der Waals surface area contributed by atoms with Crippen LogP contribution >= 0.6 is 0 Å². The van der Waals surface area contributed by atoms with Crippen LogP contribution in [0.1, 0.15) is 40.9 Å². The van der Waals surface area contributed by atoms with Gasteiger partial charge in [-0.25, -0.2) is 4.39 Å². The summed E-state index contributed by atoms with van der Waals surface area (Å²) >= 11 is 0. The summed E-state index contributed by atoms with van der Waals surface area (Å²) in [6, 6.07) is 10.2.